The molecule has 2 aromatic carbocycles. The number of carbonyl (C=O) groups excluding carboxylic acids is 1. The Morgan fingerprint density at radius 1 is 0.909 bits per heavy atom. The van der Waals surface area contributed by atoms with E-state index in [9.17, 15) is 15.0 Å². The fourth-order valence-electron chi connectivity index (χ4n) is 1.80. The van der Waals surface area contributed by atoms with Crippen molar-refractivity contribution in [1.29, 1.82) is 0 Å². The van der Waals surface area contributed by atoms with Gasteiger partial charge in [0.2, 0.25) is 5.78 Å². The zero-order chi connectivity index (χ0) is 16.4. The molecule has 2 N–H and O–H groups in total. The van der Waals surface area contributed by atoms with E-state index in [4.69, 9.17) is 4.74 Å². The molecule has 2 aromatic rings. The zero-order valence-electron chi connectivity index (χ0n) is 12.9. The van der Waals surface area contributed by atoms with Gasteiger partial charge in [-0.3, -0.25) is 4.79 Å². The van der Waals surface area contributed by atoms with Crippen LogP contribution in [0.5, 0.6) is 0 Å². The first-order valence-corrected chi connectivity index (χ1v) is 7.21. The van der Waals surface area contributed by atoms with E-state index >= 15 is 0 Å². The molecule has 0 heterocycles. The lowest BCUT2D eigenvalue weighted by molar-refractivity contribution is -0.128. The van der Waals surface area contributed by atoms with E-state index in [-0.39, 0.29) is 11.1 Å². The van der Waals surface area contributed by atoms with Gasteiger partial charge in [-0.2, -0.15) is 0 Å². The van der Waals surface area contributed by atoms with Crippen LogP contribution in [0.2, 0.25) is 0 Å². The standard InChI is InChI=1S/C14H12O3.C4H10O/c15-13(11-7-3-1-4-8-11)14(16,17)12-9-5-2-6-10-12;1-3-5-4-2/h1-10,16-17H;3-4H2,1-2H3. The first-order chi connectivity index (χ1) is 10.5. The van der Waals surface area contributed by atoms with Crippen LogP contribution in [0, 0.1) is 0 Å². The number of ether oxygens (including phenoxy) is 1. The Morgan fingerprint density at radius 3 is 1.77 bits per heavy atom. The van der Waals surface area contributed by atoms with Crippen molar-refractivity contribution in [3.05, 3.63) is 71.8 Å². The summed E-state index contributed by atoms with van der Waals surface area (Å²) in [6, 6.07) is 16.2. The monoisotopic (exact) mass is 302 g/mol. The summed E-state index contributed by atoms with van der Waals surface area (Å²) in [5, 5.41) is 19.8. The second-order valence-electron chi connectivity index (χ2n) is 4.51. The van der Waals surface area contributed by atoms with E-state index < -0.39 is 11.6 Å². The molecule has 0 aromatic heterocycles. The minimum absolute atomic E-state index is 0.161. The van der Waals surface area contributed by atoms with Crippen molar-refractivity contribution in [3.8, 4) is 0 Å². The zero-order valence-corrected chi connectivity index (χ0v) is 12.9. The molecule has 2 rings (SSSR count). The molecule has 118 valence electrons. The molecule has 0 unspecified atom stereocenters. The van der Waals surface area contributed by atoms with Crippen LogP contribution in [0.3, 0.4) is 0 Å². The van der Waals surface area contributed by atoms with E-state index in [0.29, 0.717) is 0 Å². The molecule has 0 aliphatic heterocycles. The minimum Gasteiger partial charge on any atom is -0.382 e. The summed E-state index contributed by atoms with van der Waals surface area (Å²) in [5.74, 6) is -3.22. The first kappa shape index (κ1) is 18.0. The van der Waals surface area contributed by atoms with Gasteiger partial charge in [0.15, 0.2) is 0 Å². The van der Waals surface area contributed by atoms with Gasteiger partial charge in [0, 0.05) is 24.3 Å². The van der Waals surface area contributed by atoms with Crippen LogP contribution >= 0.6 is 0 Å². The van der Waals surface area contributed by atoms with Gasteiger partial charge in [0.05, 0.1) is 0 Å². The highest BCUT2D eigenvalue weighted by Crippen LogP contribution is 2.22. The number of benzene rings is 2. The number of hydrogen-bond donors (Lipinski definition) is 2. The number of Topliss-reactive ketones (excluding diaryl/α,β-unsaturated/α-hetero) is 1. The summed E-state index contributed by atoms with van der Waals surface area (Å²) in [7, 11) is 0. The average molecular weight is 302 g/mol. The molecule has 4 nitrogen and oxygen atoms in total. The third-order valence-electron chi connectivity index (χ3n) is 2.94. The van der Waals surface area contributed by atoms with Crippen LogP contribution in [-0.4, -0.2) is 29.2 Å². The van der Waals surface area contributed by atoms with Crippen molar-refractivity contribution in [2.75, 3.05) is 13.2 Å². The normalized spacial score (nSPS) is 10.5. The van der Waals surface area contributed by atoms with Gasteiger partial charge >= 0.3 is 0 Å². The SMILES string of the molecule is CCOCC.O=C(c1ccccc1)C(O)(O)c1ccccc1. The lowest BCUT2D eigenvalue weighted by Gasteiger charge is -2.20. The van der Waals surface area contributed by atoms with Crippen LogP contribution in [0.15, 0.2) is 60.7 Å². The van der Waals surface area contributed by atoms with Crippen LogP contribution in [-0.2, 0) is 10.5 Å². The van der Waals surface area contributed by atoms with Gasteiger partial charge in [-0.05, 0) is 13.8 Å². The Bertz CT molecular complexity index is 548. The molecular weight excluding hydrogens is 280 g/mol. The molecule has 0 radical (unpaired) electrons. The Morgan fingerprint density at radius 2 is 1.36 bits per heavy atom. The fourth-order valence-corrected chi connectivity index (χ4v) is 1.80. The molecule has 0 fully saturated rings. The average Bonchev–Trinajstić information content (AvgIpc) is 2.57. The second kappa shape index (κ2) is 9.10. The second-order valence-corrected chi connectivity index (χ2v) is 4.51. The Hall–Kier alpha value is -2.01. The number of ketones is 1. The third kappa shape index (κ3) is 5.07. The lowest BCUT2D eigenvalue weighted by Crippen LogP contribution is -2.35. The first-order valence-electron chi connectivity index (χ1n) is 7.21. The molecule has 0 spiro atoms. The van der Waals surface area contributed by atoms with Crippen molar-refractivity contribution in [3.63, 3.8) is 0 Å². The number of aliphatic hydroxyl groups is 2. The number of rotatable bonds is 5. The van der Waals surface area contributed by atoms with Crippen LogP contribution < -0.4 is 0 Å². The van der Waals surface area contributed by atoms with Gasteiger partial charge in [0.1, 0.15) is 0 Å². The predicted molar refractivity (Wildman–Crippen MR) is 85.5 cm³/mol. The van der Waals surface area contributed by atoms with Gasteiger partial charge in [0.25, 0.3) is 5.79 Å². The number of hydrogen-bond acceptors (Lipinski definition) is 4. The highest BCUT2D eigenvalue weighted by Gasteiger charge is 2.35. The van der Waals surface area contributed by atoms with Crippen LogP contribution in [0.25, 0.3) is 0 Å². The maximum absolute atomic E-state index is 12.0. The van der Waals surface area contributed by atoms with Crippen molar-refractivity contribution < 1.29 is 19.7 Å². The maximum atomic E-state index is 12.0. The van der Waals surface area contributed by atoms with Gasteiger partial charge in [-0.15, -0.1) is 0 Å². The molecule has 22 heavy (non-hydrogen) atoms. The number of carbonyl (C=O) groups is 1. The Labute approximate surface area is 131 Å². The minimum atomic E-state index is -2.48. The van der Waals surface area contributed by atoms with E-state index in [1.807, 2.05) is 13.8 Å². The highest BCUT2D eigenvalue weighted by atomic mass is 16.5. The van der Waals surface area contributed by atoms with Gasteiger partial charge in [-0.25, -0.2) is 0 Å². The topological polar surface area (TPSA) is 66.8 Å². The summed E-state index contributed by atoms with van der Waals surface area (Å²) in [6.45, 7) is 5.67. The molecule has 4 heteroatoms. The third-order valence-corrected chi connectivity index (χ3v) is 2.94. The van der Waals surface area contributed by atoms with Crippen LogP contribution in [0.4, 0.5) is 0 Å². The highest BCUT2D eigenvalue weighted by molar-refractivity contribution is 6.01. The molecular formula is C18H22O4. The summed E-state index contributed by atoms with van der Waals surface area (Å²) < 4.78 is 4.83. The summed E-state index contributed by atoms with van der Waals surface area (Å²) in [4.78, 5) is 12.0. The molecule has 0 amide bonds. The van der Waals surface area contributed by atoms with Crippen LogP contribution in [0.1, 0.15) is 29.8 Å². The largest absolute Gasteiger partial charge is 0.382 e. The maximum Gasteiger partial charge on any atom is 0.256 e. The van der Waals surface area contributed by atoms with Gasteiger partial charge < -0.3 is 14.9 Å². The molecule has 0 atom stereocenters. The quantitative estimate of drug-likeness (QED) is 0.658. The van der Waals surface area contributed by atoms with Gasteiger partial charge in [-0.1, -0.05) is 60.7 Å². The van der Waals surface area contributed by atoms with E-state index in [0.717, 1.165) is 13.2 Å². The Balaban J connectivity index is 0.000000422. The van der Waals surface area contributed by atoms with Crippen molar-refractivity contribution in [2.24, 2.45) is 0 Å². The Kier molecular flexibility index (Phi) is 7.46. The summed E-state index contributed by atoms with van der Waals surface area (Å²) >= 11 is 0. The van der Waals surface area contributed by atoms with E-state index in [1.165, 1.54) is 12.1 Å². The molecule has 0 saturated heterocycles. The molecule has 0 aliphatic carbocycles. The van der Waals surface area contributed by atoms with Crippen molar-refractivity contribution in [1.82, 2.24) is 0 Å². The van der Waals surface area contributed by atoms with Crippen molar-refractivity contribution >= 4 is 5.78 Å². The lowest BCUT2D eigenvalue weighted by atomic mass is 9.96. The summed E-state index contributed by atoms with van der Waals surface area (Å²) in [5.41, 5.74) is 0.426. The van der Waals surface area contributed by atoms with E-state index in [1.54, 1.807) is 48.5 Å². The fraction of sp³-hybridized carbons (Fsp3) is 0.278. The smallest absolute Gasteiger partial charge is 0.256 e. The van der Waals surface area contributed by atoms with E-state index in [2.05, 4.69) is 0 Å². The predicted octanol–water partition coefficient (Wildman–Crippen LogP) is 2.75. The molecule has 0 aliphatic rings. The summed E-state index contributed by atoms with van der Waals surface area (Å²) in [6.07, 6.45) is 0. The molecule has 0 saturated carbocycles. The molecule has 0 bridgehead atoms. The van der Waals surface area contributed by atoms with Crippen molar-refractivity contribution in [2.45, 2.75) is 19.6 Å².